The van der Waals surface area contributed by atoms with Gasteiger partial charge in [-0.15, -0.1) is 0 Å². The van der Waals surface area contributed by atoms with E-state index in [-0.39, 0.29) is 5.41 Å². The van der Waals surface area contributed by atoms with Crippen molar-refractivity contribution in [1.82, 2.24) is 5.32 Å². The fraction of sp³-hybridized carbons (Fsp3) is 0.667. The summed E-state index contributed by atoms with van der Waals surface area (Å²) in [5, 5.41) is 3.69. The van der Waals surface area contributed by atoms with Gasteiger partial charge >= 0.3 is 0 Å². The molecule has 0 aromatic heterocycles. The zero-order valence-corrected chi connectivity index (χ0v) is 13.6. The van der Waals surface area contributed by atoms with Gasteiger partial charge in [0.25, 0.3) is 0 Å². The van der Waals surface area contributed by atoms with E-state index in [1.807, 2.05) is 0 Å². The summed E-state index contributed by atoms with van der Waals surface area (Å²) in [6.07, 6.45) is 3.82. The Hall–Kier alpha value is -1.02. The molecule has 0 aliphatic carbocycles. The Morgan fingerprint density at radius 2 is 2.00 bits per heavy atom. The van der Waals surface area contributed by atoms with Crippen molar-refractivity contribution in [3.63, 3.8) is 0 Å². The van der Waals surface area contributed by atoms with Gasteiger partial charge in [-0.25, -0.2) is 0 Å². The summed E-state index contributed by atoms with van der Waals surface area (Å²) in [6, 6.07) is 9.58. The molecule has 112 valence electrons. The van der Waals surface area contributed by atoms with E-state index in [1.165, 1.54) is 37.1 Å². The summed E-state index contributed by atoms with van der Waals surface area (Å²) in [7, 11) is 0. The van der Waals surface area contributed by atoms with Gasteiger partial charge in [0.2, 0.25) is 0 Å². The lowest BCUT2D eigenvalue weighted by Crippen LogP contribution is -2.46. The van der Waals surface area contributed by atoms with Gasteiger partial charge in [-0.2, -0.15) is 0 Å². The first-order valence-electron chi connectivity index (χ1n) is 8.10. The Morgan fingerprint density at radius 3 is 2.70 bits per heavy atom. The van der Waals surface area contributed by atoms with Gasteiger partial charge in [0.05, 0.1) is 0 Å². The predicted molar refractivity (Wildman–Crippen MR) is 88.7 cm³/mol. The van der Waals surface area contributed by atoms with Gasteiger partial charge in [-0.05, 0) is 42.9 Å². The highest BCUT2D eigenvalue weighted by Gasteiger charge is 2.24. The Balaban J connectivity index is 2.15. The molecule has 0 bridgehead atoms. The number of rotatable bonds is 4. The van der Waals surface area contributed by atoms with Crippen LogP contribution in [0.4, 0.5) is 5.69 Å². The van der Waals surface area contributed by atoms with Crippen LogP contribution in [0.1, 0.15) is 52.5 Å². The second-order valence-corrected chi connectivity index (χ2v) is 7.01. The van der Waals surface area contributed by atoms with Gasteiger partial charge in [0, 0.05) is 24.8 Å². The minimum absolute atomic E-state index is 0.209. The average Bonchev–Trinajstić information content (AvgIpc) is 2.44. The Kier molecular flexibility index (Phi) is 5.09. The number of nitrogens with one attached hydrogen (secondary N) is 1. The molecular weight excluding hydrogens is 244 g/mol. The molecule has 2 nitrogen and oxygen atoms in total. The highest BCUT2D eigenvalue weighted by molar-refractivity contribution is 5.56. The number of para-hydroxylation sites is 1. The van der Waals surface area contributed by atoms with Gasteiger partial charge in [-0.1, -0.05) is 45.9 Å². The van der Waals surface area contributed by atoms with Crippen molar-refractivity contribution in [3.05, 3.63) is 29.8 Å². The molecule has 2 rings (SSSR count). The summed E-state index contributed by atoms with van der Waals surface area (Å²) >= 11 is 0. The molecule has 20 heavy (non-hydrogen) atoms. The van der Waals surface area contributed by atoms with Crippen molar-refractivity contribution in [1.29, 1.82) is 0 Å². The Morgan fingerprint density at radius 1 is 1.25 bits per heavy atom. The van der Waals surface area contributed by atoms with Gasteiger partial charge in [0.15, 0.2) is 0 Å². The van der Waals surface area contributed by atoms with Gasteiger partial charge in [-0.3, -0.25) is 0 Å². The molecule has 1 atom stereocenters. The summed E-state index contributed by atoms with van der Waals surface area (Å²) in [5.41, 5.74) is 3.11. The molecule has 1 aromatic rings. The molecule has 0 saturated carbocycles. The standard InChI is InChI=1S/C18H30N2/c1-5-12-19-15-9-8-13-20(14-15)17-11-7-6-10-16(17)18(2,3)4/h6-7,10-11,15,19H,5,8-9,12-14H2,1-4H3. The third kappa shape index (κ3) is 3.76. The van der Waals surface area contributed by atoms with Crippen molar-refractivity contribution in [2.45, 2.75) is 58.4 Å². The van der Waals surface area contributed by atoms with E-state index in [1.54, 1.807) is 0 Å². The molecule has 1 saturated heterocycles. The predicted octanol–water partition coefficient (Wildman–Crippen LogP) is 3.95. The van der Waals surface area contributed by atoms with E-state index < -0.39 is 0 Å². The van der Waals surface area contributed by atoms with Crippen LogP contribution in [0.5, 0.6) is 0 Å². The first kappa shape index (κ1) is 15.4. The van der Waals surface area contributed by atoms with Crippen LogP contribution in [0.3, 0.4) is 0 Å². The third-order valence-electron chi connectivity index (χ3n) is 4.16. The fourth-order valence-corrected chi connectivity index (χ4v) is 3.09. The number of hydrogen-bond acceptors (Lipinski definition) is 2. The zero-order chi connectivity index (χ0) is 14.6. The van der Waals surface area contributed by atoms with Crippen molar-refractivity contribution < 1.29 is 0 Å². The molecule has 0 spiro atoms. The molecule has 1 aliphatic heterocycles. The third-order valence-corrected chi connectivity index (χ3v) is 4.16. The molecule has 1 aliphatic rings. The maximum atomic E-state index is 3.69. The van der Waals surface area contributed by atoms with E-state index in [9.17, 15) is 0 Å². The Labute approximate surface area is 124 Å². The molecular formula is C18H30N2. The summed E-state index contributed by atoms with van der Waals surface area (Å²) < 4.78 is 0. The smallest absolute Gasteiger partial charge is 0.0404 e. The van der Waals surface area contributed by atoms with Crippen molar-refractivity contribution in [2.75, 3.05) is 24.5 Å². The number of nitrogens with zero attached hydrogens (tertiary/aromatic N) is 1. The summed E-state index contributed by atoms with van der Waals surface area (Å²) in [6.45, 7) is 12.6. The SMILES string of the molecule is CCCNC1CCCN(c2ccccc2C(C)(C)C)C1. The van der Waals surface area contributed by atoms with Crippen LogP contribution >= 0.6 is 0 Å². The maximum absolute atomic E-state index is 3.69. The number of piperidine rings is 1. The quantitative estimate of drug-likeness (QED) is 0.894. The van der Waals surface area contributed by atoms with E-state index in [2.05, 4.69) is 62.2 Å². The average molecular weight is 274 g/mol. The van der Waals surface area contributed by atoms with Crippen LogP contribution in [0.15, 0.2) is 24.3 Å². The van der Waals surface area contributed by atoms with Crippen LogP contribution in [-0.4, -0.2) is 25.7 Å². The van der Waals surface area contributed by atoms with E-state index in [0.717, 1.165) is 13.1 Å². The zero-order valence-electron chi connectivity index (χ0n) is 13.6. The maximum Gasteiger partial charge on any atom is 0.0404 e. The van der Waals surface area contributed by atoms with Crippen LogP contribution < -0.4 is 10.2 Å². The lowest BCUT2D eigenvalue weighted by Gasteiger charge is -2.38. The number of hydrogen-bond donors (Lipinski definition) is 1. The normalized spacial score (nSPS) is 20.2. The van der Waals surface area contributed by atoms with Gasteiger partial charge in [0.1, 0.15) is 0 Å². The van der Waals surface area contributed by atoms with Crippen LogP contribution in [0.25, 0.3) is 0 Å². The van der Waals surface area contributed by atoms with Crippen LogP contribution in [0, 0.1) is 0 Å². The molecule has 1 unspecified atom stereocenters. The monoisotopic (exact) mass is 274 g/mol. The highest BCUT2D eigenvalue weighted by atomic mass is 15.2. The largest absolute Gasteiger partial charge is 0.370 e. The second-order valence-electron chi connectivity index (χ2n) is 7.01. The van der Waals surface area contributed by atoms with Crippen LogP contribution in [-0.2, 0) is 5.41 Å². The fourth-order valence-electron chi connectivity index (χ4n) is 3.09. The molecule has 0 radical (unpaired) electrons. The molecule has 1 fully saturated rings. The Bertz CT molecular complexity index is 420. The lowest BCUT2D eigenvalue weighted by atomic mass is 9.85. The van der Waals surface area contributed by atoms with Crippen LogP contribution in [0.2, 0.25) is 0 Å². The number of benzene rings is 1. The lowest BCUT2D eigenvalue weighted by molar-refractivity contribution is 0.421. The van der Waals surface area contributed by atoms with E-state index in [4.69, 9.17) is 0 Å². The molecule has 1 heterocycles. The summed E-state index contributed by atoms with van der Waals surface area (Å²) in [5.74, 6) is 0. The molecule has 2 heteroatoms. The number of anilines is 1. The summed E-state index contributed by atoms with van der Waals surface area (Å²) in [4.78, 5) is 2.58. The molecule has 1 aromatic carbocycles. The highest BCUT2D eigenvalue weighted by Crippen LogP contribution is 2.33. The minimum atomic E-state index is 0.209. The second kappa shape index (κ2) is 6.62. The first-order chi connectivity index (χ1) is 9.52. The van der Waals surface area contributed by atoms with E-state index in [0.29, 0.717) is 6.04 Å². The first-order valence-corrected chi connectivity index (χ1v) is 8.10. The topological polar surface area (TPSA) is 15.3 Å². The molecule has 0 amide bonds. The molecule has 1 N–H and O–H groups in total. The van der Waals surface area contributed by atoms with Crippen molar-refractivity contribution in [3.8, 4) is 0 Å². The van der Waals surface area contributed by atoms with Crippen molar-refractivity contribution in [2.24, 2.45) is 0 Å². The van der Waals surface area contributed by atoms with Gasteiger partial charge < -0.3 is 10.2 Å². The minimum Gasteiger partial charge on any atom is -0.370 e. The van der Waals surface area contributed by atoms with Crippen molar-refractivity contribution >= 4 is 5.69 Å². The van der Waals surface area contributed by atoms with E-state index >= 15 is 0 Å².